The van der Waals surface area contributed by atoms with Gasteiger partial charge in [0.05, 0.1) is 6.61 Å². The van der Waals surface area contributed by atoms with Crippen LogP contribution in [0.4, 0.5) is 0 Å². The molecule has 6 atom stereocenters. The highest BCUT2D eigenvalue weighted by Gasteiger charge is 2.59. The average Bonchev–Trinajstić information content (AvgIpc) is 2.90. The molecule has 3 saturated carbocycles. The number of hydrogen-bond acceptors (Lipinski definition) is 2. The smallest absolute Gasteiger partial charge is 0.155 e. The number of fused-ring (bicyclic) bond motifs is 5. The van der Waals surface area contributed by atoms with Crippen LogP contribution in [-0.4, -0.2) is 17.5 Å². The number of carbonyl (C=O) groups is 1. The van der Waals surface area contributed by atoms with E-state index in [9.17, 15) is 9.90 Å². The third-order valence-electron chi connectivity index (χ3n) is 8.66. The van der Waals surface area contributed by atoms with Crippen LogP contribution in [0.2, 0.25) is 0 Å². The quantitative estimate of drug-likeness (QED) is 0.813. The predicted octanol–water partition coefficient (Wildman–Crippen LogP) is 4.52. The molecule has 0 spiro atoms. The Morgan fingerprint density at radius 1 is 1.13 bits per heavy atom. The van der Waals surface area contributed by atoms with Crippen molar-refractivity contribution >= 4 is 5.78 Å². The van der Waals surface area contributed by atoms with Crippen LogP contribution in [0.25, 0.3) is 0 Å². The maximum atomic E-state index is 11.9. The molecule has 0 aliphatic heterocycles. The van der Waals surface area contributed by atoms with Gasteiger partial charge in [0.1, 0.15) is 0 Å². The summed E-state index contributed by atoms with van der Waals surface area (Å²) >= 11 is 0. The second kappa shape index (κ2) is 5.44. The number of carbonyl (C=O) groups excluding carboxylic acids is 1. The van der Waals surface area contributed by atoms with Gasteiger partial charge in [0.15, 0.2) is 5.78 Å². The van der Waals surface area contributed by atoms with E-state index in [0.717, 1.165) is 30.6 Å². The highest BCUT2D eigenvalue weighted by Crippen LogP contribution is 2.66. The summed E-state index contributed by atoms with van der Waals surface area (Å²) in [5.41, 5.74) is 1.78. The largest absolute Gasteiger partial charge is 0.395 e. The number of aliphatic hydroxyl groups excluding tert-OH is 1. The second-order valence-electron chi connectivity index (χ2n) is 9.09. The first-order valence-electron chi connectivity index (χ1n) is 9.90. The van der Waals surface area contributed by atoms with E-state index in [2.05, 4.69) is 13.8 Å². The number of hydrogen-bond donors (Lipinski definition) is 1. The summed E-state index contributed by atoms with van der Waals surface area (Å²) in [7, 11) is 0. The first kappa shape index (κ1) is 15.9. The van der Waals surface area contributed by atoms with E-state index in [1.807, 2.05) is 6.08 Å². The summed E-state index contributed by atoms with van der Waals surface area (Å²) in [4.78, 5) is 11.9. The Morgan fingerprint density at radius 2 is 1.96 bits per heavy atom. The van der Waals surface area contributed by atoms with Crippen molar-refractivity contribution in [2.45, 2.75) is 71.6 Å². The van der Waals surface area contributed by atoms with Gasteiger partial charge in [-0.3, -0.25) is 4.79 Å². The first-order valence-corrected chi connectivity index (χ1v) is 9.90. The van der Waals surface area contributed by atoms with Crippen LogP contribution in [0.3, 0.4) is 0 Å². The minimum atomic E-state index is -0.0531. The molecular weight excluding hydrogens is 284 g/mol. The van der Waals surface area contributed by atoms with Crippen LogP contribution < -0.4 is 0 Å². The van der Waals surface area contributed by atoms with Crippen molar-refractivity contribution in [3.8, 4) is 0 Å². The van der Waals surface area contributed by atoms with Gasteiger partial charge in [0, 0.05) is 11.8 Å². The highest BCUT2D eigenvalue weighted by atomic mass is 16.3. The second-order valence-corrected chi connectivity index (χ2v) is 9.09. The molecule has 0 amide bonds. The fourth-order valence-electron chi connectivity index (χ4n) is 7.44. The van der Waals surface area contributed by atoms with Crippen LogP contribution >= 0.6 is 0 Å². The monoisotopic (exact) mass is 316 g/mol. The summed E-state index contributed by atoms with van der Waals surface area (Å²) in [6, 6.07) is 0. The van der Waals surface area contributed by atoms with Crippen molar-refractivity contribution in [1.29, 1.82) is 0 Å². The summed E-state index contributed by atoms with van der Waals surface area (Å²) < 4.78 is 0. The lowest BCUT2D eigenvalue weighted by Crippen LogP contribution is -2.52. The Hall–Kier alpha value is -0.630. The maximum absolute atomic E-state index is 11.9. The Kier molecular flexibility index (Phi) is 3.75. The summed E-state index contributed by atoms with van der Waals surface area (Å²) in [6.07, 6.45) is 12.5. The van der Waals surface area contributed by atoms with Crippen LogP contribution in [-0.2, 0) is 4.79 Å². The van der Waals surface area contributed by atoms with E-state index in [4.69, 9.17) is 0 Å². The van der Waals surface area contributed by atoms with Gasteiger partial charge < -0.3 is 5.11 Å². The zero-order valence-electron chi connectivity index (χ0n) is 14.8. The van der Waals surface area contributed by atoms with E-state index in [-0.39, 0.29) is 17.8 Å². The molecular formula is C21H32O2. The fraction of sp³-hybridized carbons (Fsp3) is 0.857. The Morgan fingerprint density at radius 3 is 2.70 bits per heavy atom. The van der Waals surface area contributed by atoms with Crippen molar-refractivity contribution in [3.63, 3.8) is 0 Å². The molecule has 128 valence electrons. The molecule has 2 heteroatoms. The third kappa shape index (κ3) is 2.06. The Balaban J connectivity index is 1.69. The van der Waals surface area contributed by atoms with Crippen LogP contribution in [0, 0.1) is 34.5 Å². The normalized spacial score (nSPS) is 49.2. The Bertz CT molecular complexity index is 536. The maximum Gasteiger partial charge on any atom is 0.155 e. The highest BCUT2D eigenvalue weighted by molar-refractivity contribution is 5.91. The SMILES string of the molecule is CC[C@H]1CC[C@H]2[C@@H]3CCC4=CC(=O)CC[C@]4(CO)[C@H]3CC[C@]12C. The molecule has 0 aromatic heterocycles. The molecule has 0 aromatic carbocycles. The van der Waals surface area contributed by atoms with Gasteiger partial charge >= 0.3 is 0 Å². The van der Waals surface area contributed by atoms with E-state index in [1.165, 1.54) is 44.1 Å². The van der Waals surface area contributed by atoms with Gasteiger partial charge in [0.2, 0.25) is 0 Å². The Labute approximate surface area is 140 Å². The molecule has 2 nitrogen and oxygen atoms in total. The number of rotatable bonds is 2. The molecule has 0 aromatic rings. The zero-order chi connectivity index (χ0) is 16.2. The summed E-state index contributed by atoms with van der Waals surface area (Å²) in [5.74, 6) is 3.45. The van der Waals surface area contributed by atoms with E-state index in [1.54, 1.807) is 0 Å². The molecule has 0 heterocycles. The first-order chi connectivity index (χ1) is 11.0. The van der Waals surface area contributed by atoms with E-state index in [0.29, 0.717) is 17.8 Å². The van der Waals surface area contributed by atoms with Crippen molar-refractivity contribution < 1.29 is 9.90 Å². The van der Waals surface area contributed by atoms with Crippen molar-refractivity contribution in [1.82, 2.24) is 0 Å². The molecule has 3 fully saturated rings. The van der Waals surface area contributed by atoms with Gasteiger partial charge in [-0.1, -0.05) is 25.8 Å². The van der Waals surface area contributed by atoms with Gasteiger partial charge in [0.25, 0.3) is 0 Å². The fourth-order valence-corrected chi connectivity index (χ4v) is 7.44. The predicted molar refractivity (Wildman–Crippen MR) is 91.9 cm³/mol. The molecule has 0 bridgehead atoms. The van der Waals surface area contributed by atoms with Gasteiger partial charge in [-0.25, -0.2) is 0 Å². The molecule has 0 radical (unpaired) electrons. The van der Waals surface area contributed by atoms with E-state index >= 15 is 0 Å². The number of aliphatic hydroxyl groups is 1. The summed E-state index contributed by atoms with van der Waals surface area (Å²) in [5, 5.41) is 10.4. The summed E-state index contributed by atoms with van der Waals surface area (Å²) in [6.45, 7) is 5.19. The lowest BCUT2D eigenvalue weighted by molar-refractivity contribution is -0.119. The molecule has 0 unspecified atom stereocenters. The molecule has 4 aliphatic rings. The van der Waals surface area contributed by atoms with Gasteiger partial charge in [-0.2, -0.15) is 0 Å². The topological polar surface area (TPSA) is 37.3 Å². The lowest BCUT2D eigenvalue weighted by Gasteiger charge is -2.58. The lowest BCUT2D eigenvalue weighted by atomic mass is 9.46. The minimum absolute atomic E-state index is 0.0531. The van der Waals surface area contributed by atoms with Crippen LogP contribution in [0.1, 0.15) is 71.6 Å². The molecule has 23 heavy (non-hydrogen) atoms. The van der Waals surface area contributed by atoms with Crippen LogP contribution in [0.15, 0.2) is 11.6 Å². The third-order valence-corrected chi connectivity index (χ3v) is 8.66. The standard InChI is InChI=1S/C21H32O2/c1-3-14-5-7-18-17-6-4-15-12-16(23)8-11-21(15,13-22)19(17)9-10-20(14,18)2/h12,14,17-19,22H,3-11,13H2,1-2H3/t14-,17-,18-,19-,20+,21+/m0/s1. The van der Waals surface area contributed by atoms with Gasteiger partial charge in [-0.05, 0) is 80.1 Å². The average molecular weight is 316 g/mol. The zero-order valence-corrected chi connectivity index (χ0v) is 14.8. The van der Waals surface area contributed by atoms with Crippen molar-refractivity contribution in [2.24, 2.45) is 34.5 Å². The van der Waals surface area contributed by atoms with Gasteiger partial charge in [-0.15, -0.1) is 0 Å². The van der Waals surface area contributed by atoms with Crippen molar-refractivity contribution in [3.05, 3.63) is 11.6 Å². The van der Waals surface area contributed by atoms with Crippen molar-refractivity contribution in [2.75, 3.05) is 6.61 Å². The van der Waals surface area contributed by atoms with Crippen LogP contribution in [0.5, 0.6) is 0 Å². The molecule has 0 saturated heterocycles. The molecule has 4 aliphatic carbocycles. The molecule has 4 rings (SSSR count). The minimum Gasteiger partial charge on any atom is -0.395 e. The molecule has 1 N–H and O–H groups in total. The number of ketones is 1. The van der Waals surface area contributed by atoms with E-state index < -0.39 is 0 Å².